The van der Waals surface area contributed by atoms with Crippen molar-refractivity contribution in [1.82, 2.24) is 0 Å². The van der Waals surface area contributed by atoms with Gasteiger partial charge in [0.1, 0.15) is 11.6 Å². The highest BCUT2D eigenvalue weighted by Crippen LogP contribution is 2.23. The first-order valence-corrected chi connectivity index (χ1v) is 6.11. The van der Waals surface area contributed by atoms with Crippen molar-refractivity contribution in [2.24, 2.45) is 0 Å². The van der Waals surface area contributed by atoms with E-state index in [0.717, 1.165) is 0 Å². The first kappa shape index (κ1) is 13.4. The minimum absolute atomic E-state index is 0.0597. The van der Waals surface area contributed by atoms with E-state index in [2.05, 4.69) is 21.2 Å². The number of hydrogen-bond donors (Lipinski definition) is 3. The highest BCUT2D eigenvalue weighted by molar-refractivity contribution is 9.10. The molecule has 6 heteroatoms. The van der Waals surface area contributed by atoms with Crippen LogP contribution in [0.15, 0.2) is 40.9 Å². The molecule has 0 saturated carbocycles. The lowest BCUT2D eigenvalue weighted by atomic mass is 10.1. The highest BCUT2D eigenvalue weighted by atomic mass is 79.9. The molecular weight excluding hydrogens is 315 g/mol. The van der Waals surface area contributed by atoms with Crippen LogP contribution in [0, 0.1) is 5.82 Å². The summed E-state index contributed by atoms with van der Waals surface area (Å²) in [5, 5.41) is 11.8. The van der Waals surface area contributed by atoms with Crippen LogP contribution in [0.25, 0.3) is 0 Å². The number of nitrogens with one attached hydrogen (secondary N) is 1. The van der Waals surface area contributed by atoms with E-state index in [9.17, 15) is 14.3 Å². The van der Waals surface area contributed by atoms with Crippen LogP contribution >= 0.6 is 15.9 Å². The van der Waals surface area contributed by atoms with Gasteiger partial charge in [-0.15, -0.1) is 0 Å². The topological polar surface area (TPSA) is 75.4 Å². The molecule has 0 heterocycles. The van der Waals surface area contributed by atoms with Crippen molar-refractivity contribution >= 4 is 33.2 Å². The summed E-state index contributed by atoms with van der Waals surface area (Å²) >= 11 is 3.13. The Bertz CT molecular complexity index is 647. The third kappa shape index (κ3) is 3.03. The standard InChI is InChI=1S/C13H10BrFN2O2/c14-8-2-4-11(9(15)6-8)17-13(19)7-1-3-10(16)12(18)5-7/h1-6,18H,16H2,(H,17,19). The van der Waals surface area contributed by atoms with Gasteiger partial charge >= 0.3 is 0 Å². The number of anilines is 2. The van der Waals surface area contributed by atoms with E-state index in [1.165, 1.54) is 30.3 Å². The number of carbonyl (C=O) groups is 1. The maximum absolute atomic E-state index is 13.6. The SMILES string of the molecule is Nc1ccc(C(=O)Nc2ccc(Br)cc2F)cc1O. The van der Waals surface area contributed by atoms with Gasteiger partial charge < -0.3 is 16.2 Å². The number of benzene rings is 2. The Morgan fingerprint density at radius 3 is 2.63 bits per heavy atom. The van der Waals surface area contributed by atoms with Crippen LogP contribution in [0.2, 0.25) is 0 Å². The molecule has 0 unspecified atom stereocenters. The summed E-state index contributed by atoms with van der Waals surface area (Å²) < 4.78 is 14.1. The number of hydrogen-bond acceptors (Lipinski definition) is 3. The molecule has 4 N–H and O–H groups in total. The largest absolute Gasteiger partial charge is 0.506 e. The number of nitrogens with two attached hydrogens (primary N) is 1. The quantitative estimate of drug-likeness (QED) is 0.586. The first-order valence-electron chi connectivity index (χ1n) is 5.32. The zero-order chi connectivity index (χ0) is 14.0. The van der Waals surface area contributed by atoms with Gasteiger partial charge in [0.25, 0.3) is 5.91 Å². The fourth-order valence-corrected chi connectivity index (χ4v) is 1.80. The number of amides is 1. The molecule has 2 aromatic carbocycles. The summed E-state index contributed by atoms with van der Waals surface area (Å²) in [6.07, 6.45) is 0. The van der Waals surface area contributed by atoms with Crippen molar-refractivity contribution in [2.45, 2.75) is 0 Å². The molecule has 0 aliphatic carbocycles. The van der Waals surface area contributed by atoms with Crippen LogP contribution in [0.3, 0.4) is 0 Å². The predicted octanol–water partition coefficient (Wildman–Crippen LogP) is 3.13. The van der Waals surface area contributed by atoms with Gasteiger partial charge in [0.15, 0.2) is 0 Å². The monoisotopic (exact) mass is 324 g/mol. The molecule has 0 fully saturated rings. The fraction of sp³-hybridized carbons (Fsp3) is 0. The van der Waals surface area contributed by atoms with Gasteiger partial charge in [-0.1, -0.05) is 15.9 Å². The lowest BCUT2D eigenvalue weighted by Gasteiger charge is -2.07. The van der Waals surface area contributed by atoms with Crippen molar-refractivity contribution in [3.8, 4) is 5.75 Å². The molecule has 0 saturated heterocycles. The number of phenolic OH excluding ortho intramolecular Hbond substituents is 1. The number of aromatic hydroxyl groups is 1. The maximum Gasteiger partial charge on any atom is 0.255 e. The number of carbonyl (C=O) groups excluding carboxylic acids is 1. The minimum atomic E-state index is -0.553. The Labute approximate surface area is 117 Å². The normalized spacial score (nSPS) is 10.2. The van der Waals surface area contributed by atoms with E-state index in [0.29, 0.717) is 4.47 Å². The van der Waals surface area contributed by atoms with Gasteiger partial charge in [-0.25, -0.2) is 4.39 Å². The van der Waals surface area contributed by atoms with Crippen LogP contribution in [0.5, 0.6) is 5.75 Å². The van der Waals surface area contributed by atoms with E-state index in [4.69, 9.17) is 5.73 Å². The number of phenols is 1. The second-order valence-electron chi connectivity index (χ2n) is 3.85. The number of nitrogen functional groups attached to an aromatic ring is 1. The lowest BCUT2D eigenvalue weighted by Crippen LogP contribution is -2.13. The zero-order valence-corrected chi connectivity index (χ0v) is 11.2. The zero-order valence-electron chi connectivity index (χ0n) is 9.65. The van der Waals surface area contributed by atoms with Gasteiger partial charge in [-0.2, -0.15) is 0 Å². The summed E-state index contributed by atoms with van der Waals surface area (Å²) in [5.74, 6) is -1.28. The summed E-state index contributed by atoms with van der Waals surface area (Å²) in [6.45, 7) is 0. The van der Waals surface area contributed by atoms with Crippen molar-refractivity contribution in [2.75, 3.05) is 11.1 Å². The van der Waals surface area contributed by atoms with Crippen molar-refractivity contribution < 1.29 is 14.3 Å². The first-order chi connectivity index (χ1) is 8.97. The van der Waals surface area contributed by atoms with Crippen LogP contribution in [0.4, 0.5) is 15.8 Å². The van der Waals surface area contributed by atoms with Crippen LogP contribution in [-0.2, 0) is 0 Å². The average Bonchev–Trinajstić information content (AvgIpc) is 2.36. The number of halogens is 2. The Hall–Kier alpha value is -2.08. The van der Waals surface area contributed by atoms with E-state index in [1.54, 1.807) is 6.07 Å². The maximum atomic E-state index is 13.6. The molecule has 2 rings (SSSR count). The molecule has 0 radical (unpaired) electrons. The van der Waals surface area contributed by atoms with Gasteiger partial charge in [0, 0.05) is 10.0 Å². The Morgan fingerprint density at radius 1 is 1.26 bits per heavy atom. The van der Waals surface area contributed by atoms with Gasteiger partial charge in [-0.3, -0.25) is 4.79 Å². The molecular formula is C13H10BrFN2O2. The van der Waals surface area contributed by atoms with E-state index < -0.39 is 11.7 Å². The van der Waals surface area contributed by atoms with Crippen molar-refractivity contribution in [3.63, 3.8) is 0 Å². The molecule has 0 aliphatic rings. The lowest BCUT2D eigenvalue weighted by molar-refractivity contribution is 0.102. The molecule has 2 aromatic rings. The molecule has 0 bridgehead atoms. The van der Waals surface area contributed by atoms with Crippen LogP contribution in [-0.4, -0.2) is 11.0 Å². The molecule has 1 amide bonds. The molecule has 4 nitrogen and oxygen atoms in total. The summed E-state index contributed by atoms with van der Waals surface area (Å²) in [5.41, 5.74) is 5.86. The minimum Gasteiger partial charge on any atom is -0.506 e. The molecule has 98 valence electrons. The second-order valence-corrected chi connectivity index (χ2v) is 4.77. The Morgan fingerprint density at radius 2 is 2.00 bits per heavy atom. The number of rotatable bonds is 2. The van der Waals surface area contributed by atoms with Crippen molar-refractivity contribution in [3.05, 3.63) is 52.3 Å². The summed E-state index contributed by atoms with van der Waals surface area (Å²) in [6, 6.07) is 8.37. The van der Waals surface area contributed by atoms with Gasteiger partial charge in [0.2, 0.25) is 0 Å². The van der Waals surface area contributed by atoms with Gasteiger partial charge in [0.05, 0.1) is 11.4 Å². The third-order valence-corrected chi connectivity index (χ3v) is 2.97. The molecule has 0 aliphatic heterocycles. The van der Waals surface area contributed by atoms with Gasteiger partial charge in [-0.05, 0) is 36.4 Å². The van der Waals surface area contributed by atoms with Crippen LogP contribution in [0.1, 0.15) is 10.4 Å². The Balaban J connectivity index is 2.23. The summed E-state index contributed by atoms with van der Waals surface area (Å²) in [4.78, 5) is 11.9. The molecule has 0 aromatic heterocycles. The fourth-order valence-electron chi connectivity index (χ4n) is 1.47. The highest BCUT2D eigenvalue weighted by Gasteiger charge is 2.11. The van der Waals surface area contributed by atoms with E-state index >= 15 is 0 Å². The summed E-state index contributed by atoms with van der Waals surface area (Å²) in [7, 11) is 0. The van der Waals surface area contributed by atoms with E-state index in [1.807, 2.05) is 0 Å². The second kappa shape index (κ2) is 5.27. The predicted molar refractivity (Wildman–Crippen MR) is 74.6 cm³/mol. The molecule has 0 spiro atoms. The average molecular weight is 325 g/mol. The third-order valence-electron chi connectivity index (χ3n) is 2.47. The Kier molecular flexibility index (Phi) is 3.71. The molecule has 0 atom stereocenters. The van der Waals surface area contributed by atoms with Crippen molar-refractivity contribution in [1.29, 1.82) is 0 Å². The smallest absolute Gasteiger partial charge is 0.255 e. The van der Waals surface area contributed by atoms with E-state index in [-0.39, 0.29) is 22.7 Å². The molecule has 19 heavy (non-hydrogen) atoms. The van der Waals surface area contributed by atoms with Crippen LogP contribution < -0.4 is 11.1 Å².